The summed E-state index contributed by atoms with van der Waals surface area (Å²) < 4.78 is 1.11. The number of thiazole rings is 1. The molecule has 1 amide bonds. The molecule has 0 saturated heterocycles. The topological polar surface area (TPSA) is 56.0 Å². The Hall–Kier alpha value is -1.68. The van der Waals surface area contributed by atoms with Gasteiger partial charge in [0.15, 0.2) is 0 Å². The van der Waals surface area contributed by atoms with Crippen LogP contribution in [0.2, 0.25) is 0 Å². The van der Waals surface area contributed by atoms with E-state index in [2.05, 4.69) is 4.98 Å². The fourth-order valence-electron chi connectivity index (χ4n) is 1.11. The zero-order valence-electron chi connectivity index (χ0n) is 7.31. The van der Waals surface area contributed by atoms with E-state index in [4.69, 9.17) is 5.73 Å². The van der Waals surface area contributed by atoms with Crippen molar-refractivity contribution in [3.63, 3.8) is 0 Å². The van der Waals surface area contributed by atoms with Crippen LogP contribution in [0.1, 0.15) is 5.01 Å². The molecule has 0 aliphatic rings. The molecule has 4 heteroatoms. The van der Waals surface area contributed by atoms with E-state index in [-0.39, 0.29) is 0 Å². The second-order valence-electron chi connectivity index (χ2n) is 2.76. The number of benzene rings is 1. The zero-order valence-corrected chi connectivity index (χ0v) is 8.12. The molecule has 70 valence electrons. The Morgan fingerprint density at radius 1 is 1.43 bits per heavy atom. The first-order valence-corrected chi connectivity index (χ1v) is 4.90. The number of carbonyl (C=O) groups is 1. The summed E-state index contributed by atoms with van der Waals surface area (Å²) in [5.74, 6) is -0.454. The van der Waals surface area contributed by atoms with Crippen LogP contribution in [-0.4, -0.2) is 10.9 Å². The number of amides is 1. The molecule has 1 aromatic heterocycles. The Morgan fingerprint density at radius 3 is 2.93 bits per heavy atom. The molecule has 14 heavy (non-hydrogen) atoms. The van der Waals surface area contributed by atoms with Crippen LogP contribution in [0.15, 0.2) is 30.3 Å². The van der Waals surface area contributed by atoms with Gasteiger partial charge in [-0.15, -0.1) is 11.3 Å². The van der Waals surface area contributed by atoms with Gasteiger partial charge in [0, 0.05) is 6.08 Å². The van der Waals surface area contributed by atoms with Gasteiger partial charge in [-0.25, -0.2) is 4.98 Å². The van der Waals surface area contributed by atoms with Crippen molar-refractivity contribution >= 4 is 33.5 Å². The van der Waals surface area contributed by atoms with Gasteiger partial charge < -0.3 is 5.73 Å². The van der Waals surface area contributed by atoms with Crippen LogP contribution in [0.4, 0.5) is 0 Å². The number of rotatable bonds is 2. The minimum Gasteiger partial charge on any atom is -0.366 e. The van der Waals surface area contributed by atoms with Crippen LogP contribution in [-0.2, 0) is 4.79 Å². The van der Waals surface area contributed by atoms with E-state index in [1.165, 1.54) is 17.4 Å². The largest absolute Gasteiger partial charge is 0.366 e. The third-order valence-corrected chi connectivity index (χ3v) is 2.70. The number of hydrogen-bond acceptors (Lipinski definition) is 3. The predicted octanol–water partition coefficient (Wildman–Crippen LogP) is 1.79. The quantitative estimate of drug-likeness (QED) is 0.758. The van der Waals surface area contributed by atoms with Crippen molar-refractivity contribution < 1.29 is 4.79 Å². The van der Waals surface area contributed by atoms with Crippen molar-refractivity contribution in [1.29, 1.82) is 0 Å². The fourth-order valence-corrected chi connectivity index (χ4v) is 1.98. The van der Waals surface area contributed by atoms with Crippen LogP contribution in [0, 0.1) is 0 Å². The minimum absolute atomic E-state index is 0.454. The standard InChI is InChI=1S/C10H8N2OS/c11-9(13)5-6-10-12-7-3-1-2-4-8(7)14-10/h1-6H,(H2,11,13)/b6-5+. The molecule has 0 bridgehead atoms. The van der Waals surface area contributed by atoms with Crippen molar-refractivity contribution in [2.45, 2.75) is 0 Å². The van der Waals surface area contributed by atoms with Crippen molar-refractivity contribution in [3.05, 3.63) is 35.3 Å². The first kappa shape index (κ1) is 8.90. The Morgan fingerprint density at radius 2 is 2.21 bits per heavy atom. The molecule has 0 aliphatic heterocycles. The predicted molar refractivity (Wildman–Crippen MR) is 57.8 cm³/mol. The lowest BCUT2D eigenvalue weighted by Gasteiger charge is -1.80. The summed E-state index contributed by atoms with van der Waals surface area (Å²) in [6.07, 6.45) is 2.95. The summed E-state index contributed by atoms with van der Waals surface area (Å²) in [4.78, 5) is 14.8. The van der Waals surface area contributed by atoms with E-state index in [1.54, 1.807) is 6.08 Å². The highest BCUT2D eigenvalue weighted by atomic mass is 32.1. The molecule has 1 aromatic carbocycles. The van der Waals surface area contributed by atoms with Crippen molar-refractivity contribution in [2.75, 3.05) is 0 Å². The first-order chi connectivity index (χ1) is 6.75. The summed E-state index contributed by atoms with van der Waals surface area (Å²) in [5, 5.41) is 0.796. The lowest BCUT2D eigenvalue weighted by molar-refractivity contribution is -0.113. The third kappa shape index (κ3) is 1.80. The van der Waals surface area contributed by atoms with E-state index < -0.39 is 5.91 Å². The maximum Gasteiger partial charge on any atom is 0.241 e. The number of aromatic nitrogens is 1. The van der Waals surface area contributed by atoms with Gasteiger partial charge in [0.25, 0.3) is 0 Å². The monoisotopic (exact) mass is 204 g/mol. The molecule has 0 atom stereocenters. The maximum atomic E-state index is 10.5. The van der Waals surface area contributed by atoms with Crippen LogP contribution >= 0.6 is 11.3 Å². The van der Waals surface area contributed by atoms with Gasteiger partial charge in [-0.1, -0.05) is 12.1 Å². The van der Waals surface area contributed by atoms with Gasteiger partial charge in [0.05, 0.1) is 10.2 Å². The summed E-state index contributed by atoms with van der Waals surface area (Å²) in [6.45, 7) is 0. The molecular formula is C10H8N2OS. The highest BCUT2D eigenvalue weighted by Gasteiger charge is 1.99. The summed E-state index contributed by atoms with van der Waals surface area (Å²) >= 11 is 1.53. The van der Waals surface area contributed by atoms with Crippen molar-refractivity contribution in [1.82, 2.24) is 4.98 Å². The summed E-state index contributed by atoms with van der Waals surface area (Å²) in [7, 11) is 0. The van der Waals surface area contributed by atoms with Crippen LogP contribution in [0.5, 0.6) is 0 Å². The molecule has 0 aliphatic carbocycles. The summed E-state index contributed by atoms with van der Waals surface area (Å²) in [6, 6.07) is 7.83. The second kappa shape index (κ2) is 3.59. The van der Waals surface area contributed by atoms with E-state index in [9.17, 15) is 4.79 Å². The lowest BCUT2D eigenvalue weighted by Crippen LogP contribution is -2.04. The van der Waals surface area contributed by atoms with Gasteiger partial charge in [-0.3, -0.25) is 4.79 Å². The lowest BCUT2D eigenvalue weighted by atomic mass is 10.3. The normalized spacial score (nSPS) is 11.1. The molecule has 2 rings (SSSR count). The number of nitrogens with zero attached hydrogens (tertiary/aromatic N) is 1. The molecule has 0 fully saturated rings. The number of nitrogens with two attached hydrogens (primary N) is 1. The highest BCUT2D eigenvalue weighted by molar-refractivity contribution is 7.19. The Labute approximate surface area is 84.9 Å². The Bertz CT molecular complexity index is 469. The van der Waals surface area contributed by atoms with E-state index >= 15 is 0 Å². The number of para-hydroxylation sites is 1. The Balaban J connectivity index is 2.40. The van der Waals surface area contributed by atoms with Crippen LogP contribution in [0.25, 0.3) is 16.3 Å². The molecule has 0 spiro atoms. The van der Waals surface area contributed by atoms with Gasteiger partial charge >= 0.3 is 0 Å². The SMILES string of the molecule is NC(=O)/C=C/c1nc2ccccc2s1. The smallest absolute Gasteiger partial charge is 0.241 e. The van der Waals surface area contributed by atoms with Gasteiger partial charge in [0.2, 0.25) is 5.91 Å². The van der Waals surface area contributed by atoms with Gasteiger partial charge in [-0.2, -0.15) is 0 Å². The number of hydrogen-bond donors (Lipinski definition) is 1. The minimum atomic E-state index is -0.454. The first-order valence-electron chi connectivity index (χ1n) is 4.09. The molecule has 3 nitrogen and oxygen atoms in total. The average Bonchev–Trinajstić information content (AvgIpc) is 2.57. The maximum absolute atomic E-state index is 10.5. The molecular weight excluding hydrogens is 196 g/mol. The number of carbonyl (C=O) groups excluding carboxylic acids is 1. The summed E-state index contributed by atoms with van der Waals surface area (Å²) in [5.41, 5.74) is 5.93. The van der Waals surface area contributed by atoms with Gasteiger partial charge in [-0.05, 0) is 18.2 Å². The third-order valence-electron chi connectivity index (χ3n) is 1.70. The zero-order chi connectivity index (χ0) is 9.97. The van der Waals surface area contributed by atoms with Crippen LogP contribution in [0.3, 0.4) is 0 Å². The fraction of sp³-hybridized carbons (Fsp3) is 0. The van der Waals surface area contributed by atoms with E-state index in [0.717, 1.165) is 15.2 Å². The molecule has 0 unspecified atom stereocenters. The molecule has 2 N–H and O–H groups in total. The number of fused-ring (bicyclic) bond motifs is 1. The van der Waals surface area contributed by atoms with Crippen molar-refractivity contribution in [2.24, 2.45) is 5.73 Å². The molecule has 0 radical (unpaired) electrons. The van der Waals surface area contributed by atoms with Crippen molar-refractivity contribution in [3.8, 4) is 0 Å². The van der Waals surface area contributed by atoms with E-state index in [0.29, 0.717) is 0 Å². The molecule has 0 saturated carbocycles. The van der Waals surface area contributed by atoms with Crippen LogP contribution < -0.4 is 5.73 Å². The highest BCUT2D eigenvalue weighted by Crippen LogP contribution is 2.22. The van der Waals surface area contributed by atoms with Gasteiger partial charge in [0.1, 0.15) is 5.01 Å². The second-order valence-corrected chi connectivity index (χ2v) is 3.82. The molecule has 1 heterocycles. The Kier molecular flexibility index (Phi) is 2.28. The molecule has 2 aromatic rings. The average molecular weight is 204 g/mol. The number of primary amides is 1. The van der Waals surface area contributed by atoms with E-state index in [1.807, 2.05) is 24.3 Å².